The van der Waals surface area contributed by atoms with Crippen molar-refractivity contribution in [1.82, 2.24) is 5.16 Å². The maximum atomic E-state index is 5.35. The summed E-state index contributed by atoms with van der Waals surface area (Å²) in [5.74, 6) is 0.889. The van der Waals surface area contributed by atoms with E-state index in [2.05, 4.69) is 12.2 Å². The zero-order chi connectivity index (χ0) is 10.0. The van der Waals surface area contributed by atoms with Gasteiger partial charge in [-0.25, -0.2) is 0 Å². The van der Waals surface area contributed by atoms with Gasteiger partial charge in [0.2, 0.25) is 0 Å². The molecule has 1 aliphatic heterocycles. The summed E-state index contributed by atoms with van der Waals surface area (Å²) in [4.78, 5) is 0. The van der Waals surface area contributed by atoms with Crippen LogP contribution in [0.3, 0.4) is 0 Å². The Labute approximate surface area is 107 Å². The van der Waals surface area contributed by atoms with E-state index in [0.717, 1.165) is 48.8 Å². The third-order valence-electron chi connectivity index (χ3n) is 2.77. The Hall–Kier alpha value is -0.140. The van der Waals surface area contributed by atoms with E-state index in [1.807, 2.05) is 13.0 Å². The lowest BCUT2D eigenvalue weighted by atomic mass is 10.3. The molecule has 0 aliphatic carbocycles. The average molecular weight is 324 g/mol. The molecule has 0 saturated carbocycles. The van der Waals surface area contributed by atoms with Gasteiger partial charge in [-0.3, -0.25) is 0 Å². The van der Waals surface area contributed by atoms with Crippen LogP contribution in [0.25, 0.3) is 0 Å². The minimum absolute atomic E-state index is 0. The Morgan fingerprint density at radius 3 is 2.60 bits per heavy atom. The van der Waals surface area contributed by atoms with Gasteiger partial charge < -0.3 is 37.7 Å². The van der Waals surface area contributed by atoms with Crippen LogP contribution in [-0.4, -0.2) is 43.0 Å². The zero-order valence-electron chi connectivity index (χ0n) is 9.20. The summed E-state index contributed by atoms with van der Waals surface area (Å²) in [5.41, 5.74) is 1.05. The lowest BCUT2D eigenvalue weighted by Gasteiger charge is -2.36. The van der Waals surface area contributed by atoms with E-state index in [0.29, 0.717) is 0 Å². The molecule has 5 heteroatoms. The number of ether oxygens (including phenoxy) is 1. The van der Waals surface area contributed by atoms with Gasteiger partial charge in [0.1, 0.15) is 31.1 Å². The predicted octanol–water partition coefficient (Wildman–Crippen LogP) is -2.04. The number of hydrogen-bond donors (Lipinski definition) is 0. The van der Waals surface area contributed by atoms with E-state index in [-0.39, 0.29) is 24.0 Å². The first-order valence-corrected chi connectivity index (χ1v) is 5.01. The number of halogens is 1. The second-order valence-corrected chi connectivity index (χ2v) is 4.27. The molecule has 15 heavy (non-hydrogen) atoms. The minimum atomic E-state index is 0. The Morgan fingerprint density at radius 2 is 2.07 bits per heavy atom. The van der Waals surface area contributed by atoms with Gasteiger partial charge in [0.15, 0.2) is 0 Å². The van der Waals surface area contributed by atoms with Crippen LogP contribution in [0.5, 0.6) is 0 Å². The second-order valence-electron chi connectivity index (χ2n) is 4.27. The monoisotopic (exact) mass is 324 g/mol. The minimum Gasteiger partial charge on any atom is -1.00 e. The normalized spacial score (nSPS) is 19.6. The van der Waals surface area contributed by atoms with Crippen molar-refractivity contribution in [1.29, 1.82) is 0 Å². The van der Waals surface area contributed by atoms with Crippen molar-refractivity contribution in [2.75, 3.05) is 33.4 Å². The number of aryl methyl sites for hydroxylation is 1. The lowest BCUT2D eigenvalue weighted by molar-refractivity contribution is -0.929. The van der Waals surface area contributed by atoms with Gasteiger partial charge >= 0.3 is 0 Å². The van der Waals surface area contributed by atoms with Gasteiger partial charge in [0, 0.05) is 6.07 Å². The molecule has 1 saturated heterocycles. The van der Waals surface area contributed by atoms with Crippen LogP contribution in [-0.2, 0) is 11.3 Å². The molecular weight excluding hydrogens is 307 g/mol. The van der Waals surface area contributed by atoms with Crippen molar-refractivity contribution >= 4 is 0 Å². The zero-order valence-corrected chi connectivity index (χ0v) is 11.4. The molecule has 0 unspecified atom stereocenters. The van der Waals surface area contributed by atoms with Gasteiger partial charge in [0.25, 0.3) is 0 Å². The van der Waals surface area contributed by atoms with Gasteiger partial charge in [-0.05, 0) is 6.92 Å². The number of aromatic nitrogens is 1. The van der Waals surface area contributed by atoms with Gasteiger partial charge in [0.05, 0.1) is 20.3 Å². The molecule has 0 bridgehead atoms. The Bertz CT molecular complexity index is 308. The molecule has 1 aromatic rings. The molecule has 0 spiro atoms. The highest BCUT2D eigenvalue weighted by atomic mass is 127. The van der Waals surface area contributed by atoms with Crippen molar-refractivity contribution in [3.05, 3.63) is 17.5 Å². The first-order valence-electron chi connectivity index (χ1n) is 5.01. The number of morpholine rings is 1. The van der Waals surface area contributed by atoms with Crippen LogP contribution in [0.2, 0.25) is 0 Å². The SMILES string of the molecule is Cc1cc(C[N+]2(C)CCOCC2)no1.[I-]. The van der Waals surface area contributed by atoms with Crippen LogP contribution < -0.4 is 24.0 Å². The summed E-state index contributed by atoms with van der Waals surface area (Å²) >= 11 is 0. The predicted molar refractivity (Wildman–Crippen MR) is 51.7 cm³/mol. The van der Waals surface area contributed by atoms with E-state index < -0.39 is 0 Å². The van der Waals surface area contributed by atoms with Gasteiger partial charge in [-0.2, -0.15) is 0 Å². The molecule has 0 radical (unpaired) electrons. The number of rotatable bonds is 2. The molecule has 86 valence electrons. The lowest BCUT2D eigenvalue weighted by Crippen LogP contribution is -3.00. The number of nitrogens with zero attached hydrogens (tertiary/aromatic N) is 2. The van der Waals surface area contributed by atoms with Gasteiger partial charge in [-0.15, -0.1) is 0 Å². The molecular formula is C10H17IN2O2. The molecule has 0 amide bonds. The maximum absolute atomic E-state index is 5.35. The highest BCUT2D eigenvalue weighted by Crippen LogP contribution is 2.14. The second kappa shape index (κ2) is 5.27. The van der Waals surface area contributed by atoms with E-state index in [4.69, 9.17) is 9.26 Å². The molecule has 1 aliphatic rings. The highest BCUT2D eigenvalue weighted by Gasteiger charge is 2.26. The van der Waals surface area contributed by atoms with E-state index in [9.17, 15) is 0 Å². The molecule has 0 N–H and O–H groups in total. The molecule has 4 nitrogen and oxygen atoms in total. The third kappa shape index (κ3) is 3.42. The van der Waals surface area contributed by atoms with E-state index in [1.165, 1.54) is 0 Å². The highest BCUT2D eigenvalue weighted by molar-refractivity contribution is 5.01. The first-order chi connectivity index (χ1) is 6.68. The first kappa shape index (κ1) is 12.9. The standard InChI is InChI=1S/C10H17N2O2.HI/c1-9-7-10(11-14-9)8-12(2)3-5-13-6-4-12;/h7H,3-6,8H2,1-2H3;1H/q+1;/p-1. The van der Waals surface area contributed by atoms with Crippen molar-refractivity contribution in [2.24, 2.45) is 0 Å². The average Bonchev–Trinajstić information content (AvgIpc) is 2.51. The van der Waals surface area contributed by atoms with Crippen LogP contribution >= 0.6 is 0 Å². The summed E-state index contributed by atoms with van der Waals surface area (Å²) in [7, 11) is 2.24. The molecule has 1 fully saturated rings. The Morgan fingerprint density at radius 1 is 1.40 bits per heavy atom. The van der Waals surface area contributed by atoms with Crippen LogP contribution in [0, 0.1) is 6.92 Å². The van der Waals surface area contributed by atoms with Crippen molar-refractivity contribution in [2.45, 2.75) is 13.5 Å². The molecule has 2 heterocycles. The number of hydrogen-bond acceptors (Lipinski definition) is 3. The fourth-order valence-corrected chi connectivity index (χ4v) is 1.83. The van der Waals surface area contributed by atoms with Crippen LogP contribution in [0.15, 0.2) is 10.6 Å². The molecule has 2 rings (SSSR count). The fourth-order valence-electron chi connectivity index (χ4n) is 1.83. The maximum Gasteiger partial charge on any atom is 0.138 e. The number of quaternary nitrogens is 1. The molecule has 0 atom stereocenters. The summed E-state index contributed by atoms with van der Waals surface area (Å²) < 4.78 is 11.4. The third-order valence-corrected chi connectivity index (χ3v) is 2.77. The summed E-state index contributed by atoms with van der Waals surface area (Å²) in [5, 5.41) is 4.02. The Kier molecular flexibility index (Phi) is 4.54. The summed E-state index contributed by atoms with van der Waals surface area (Å²) in [6.07, 6.45) is 0. The fraction of sp³-hybridized carbons (Fsp3) is 0.700. The van der Waals surface area contributed by atoms with Crippen molar-refractivity contribution < 1.29 is 37.7 Å². The molecule has 1 aromatic heterocycles. The molecule has 0 aromatic carbocycles. The topological polar surface area (TPSA) is 35.3 Å². The van der Waals surface area contributed by atoms with Crippen LogP contribution in [0.4, 0.5) is 0 Å². The van der Waals surface area contributed by atoms with Gasteiger partial charge in [-0.1, -0.05) is 5.16 Å². The van der Waals surface area contributed by atoms with E-state index >= 15 is 0 Å². The largest absolute Gasteiger partial charge is 1.00 e. The van der Waals surface area contributed by atoms with Crippen molar-refractivity contribution in [3.63, 3.8) is 0 Å². The summed E-state index contributed by atoms with van der Waals surface area (Å²) in [6, 6.07) is 2.01. The van der Waals surface area contributed by atoms with E-state index in [1.54, 1.807) is 0 Å². The summed E-state index contributed by atoms with van der Waals surface area (Å²) in [6.45, 7) is 6.70. The quantitative estimate of drug-likeness (QED) is 0.465. The number of likely N-dealkylation sites (N-methyl/N-ethyl adjacent to an activating group) is 1. The van der Waals surface area contributed by atoms with Crippen LogP contribution in [0.1, 0.15) is 11.5 Å². The Balaban J connectivity index is 0.00000112. The van der Waals surface area contributed by atoms with Crippen molar-refractivity contribution in [3.8, 4) is 0 Å². The smallest absolute Gasteiger partial charge is 0.138 e.